The molecule has 1 heterocycles. The molecule has 2 amide bonds. The molecule has 1 aromatic heterocycles. The monoisotopic (exact) mass is 400 g/mol. The minimum atomic E-state index is -2.98. The molecule has 11 heteroatoms. The molecular weight excluding hydrogens is 386 g/mol. The summed E-state index contributed by atoms with van der Waals surface area (Å²) in [5.41, 5.74) is 5.68. The van der Waals surface area contributed by atoms with Crippen LogP contribution in [0.3, 0.4) is 0 Å². The van der Waals surface area contributed by atoms with Crippen LogP contribution >= 0.6 is 0 Å². The van der Waals surface area contributed by atoms with Crippen molar-refractivity contribution in [2.24, 2.45) is 0 Å². The molecule has 0 unspecified atom stereocenters. The number of alkyl halides is 2. The minimum absolute atomic E-state index is 0.0711. The number of halogens is 2. The first-order valence-corrected chi connectivity index (χ1v) is 8.18. The number of nitrogens with one attached hydrogen (secondary N) is 2. The van der Waals surface area contributed by atoms with Gasteiger partial charge in [-0.1, -0.05) is 18.2 Å². The number of ether oxygens (including phenoxy) is 1. The number of aromatic nitrogens is 4. The Kier molecular flexibility index (Phi) is 6.20. The Labute approximate surface area is 163 Å². The highest BCUT2D eigenvalue weighted by Gasteiger charge is 2.09. The molecule has 0 aliphatic heterocycles. The zero-order valence-corrected chi connectivity index (χ0v) is 14.7. The topological polar surface area (TPSA) is 111 Å². The van der Waals surface area contributed by atoms with Gasteiger partial charge in [0.05, 0.1) is 5.69 Å². The van der Waals surface area contributed by atoms with Crippen molar-refractivity contribution in [1.29, 1.82) is 0 Å². The van der Waals surface area contributed by atoms with Crippen LogP contribution in [0.2, 0.25) is 0 Å². The van der Waals surface area contributed by atoms with E-state index in [1.807, 2.05) is 0 Å². The van der Waals surface area contributed by atoms with Gasteiger partial charge in [0.25, 0.3) is 11.8 Å². The van der Waals surface area contributed by atoms with Crippen LogP contribution < -0.4 is 15.6 Å². The van der Waals surface area contributed by atoms with E-state index in [1.165, 1.54) is 47.4 Å². The van der Waals surface area contributed by atoms with E-state index >= 15 is 0 Å². The number of hydrogen-bond donors (Lipinski definition) is 2. The second-order valence-corrected chi connectivity index (χ2v) is 5.49. The fourth-order valence-electron chi connectivity index (χ4n) is 2.26. The Morgan fingerprint density at radius 2 is 1.83 bits per heavy atom. The fraction of sp³-hybridized carbons (Fsp3) is 0.0556. The lowest BCUT2D eigenvalue weighted by Crippen LogP contribution is -2.40. The van der Waals surface area contributed by atoms with Gasteiger partial charge in [0.15, 0.2) is 0 Å². The Hall–Kier alpha value is -4.15. The van der Waals surface area contributed by atoms with Gasteiger partial charge in [-0.2, -0.15) is 8.78 Å². The first-order valence-electron chi connectivity index (χ1n) is 8.18. The van der Waals surface area contributed by atoms with Gasteiger partial charge >= 0.3 is 6.61 Å². The summed E-state index contributed by atoms with van der Waals surface area (Å²) >= 11 is 0. The van der Waals surface area contributed by atoms with Crippen molar-refractivity contribution in [3.8, 4) is 11.4 Å². The summed E-state index contributed by atoms with van der Waals surface area (Å²) in [6.45, 7) is -2.98. The number of tetrazole rings is 1. The summed E-state index contributed by atoms with van der Waals surface area (Å²) in [6, 6.07) is 12.3. The smallest absolute Gasteiger partial charge is 0.387 e. The van der Waals surface area contributed by atoms with Crippen LogP contribution in [0.1, 0.15) is 15.9 Å². The Balaban J connectivity index is 1.55. The van der Waals surface area contributed by atoms with E-state index in [1.54, 1.807) is 18.2 Å². The van der Waals surface area contributed by atoms with E-state index in [0.717, 1.165) is 6.08 Å². The number of carbonyl (C=O) groups excluding carboxylic acids is 2. The molecule has 0 atom stereocenters. The second kappa shape index (κ2) is 9.17. The first-order chi connectivity index (χ1) is 14.0. The summed E-state index contributed by atoms with van der Waals surface area (Å²) in [6.07, 6.45) is 3.78. The third-order valence-electron chi connectivity index (χ3n) is 3.59. The highest BCUT2D eigenvalue weighted by Crippen LogP contribution is 2.21. The molecule has 0 aliphatic carbocycles. The lowest BCUT2D eigenvalue weighted by atomic mass is 10.2. The Morgan fingerprint density at radius 3 is 2.52 bits per heavy atom. The maximum absolute atomic E-state index is 12.4. The molecule has 0 saturated heterocycles. The third-order valence-corrected chi connectivity index (χ3v) is 3.59. The number of benzene rings is 2. The number of para-hydroxylation sites is 1. The first kappa shape index (κ1) is 19.6. The number of amides is 2. The second-order valence-electron chi connectivity index (χ2n) is 5.49. The van der Waals surface area contributed by atoms with Crippen molar-refractivity contribution in [1.82, 2.24) is 31.1 Å². The van der Waals surface area contributed by atoms with Gasteiger partial charge in [0, 0.05) is 17.2 Å². The molecule has 3 rings (SSSR count). The molecule has 148 valence electrons. The van der Waals surface area contributed by atoms with Crippen LogP contribution in [0.4, 0.5) is 8.78 Å². The van der Waals surface area contributed by atoms with Crippen molar-refractivity contribution in [2.45, 2.75) is 6.61 Å². The zero-order valence-electron chi connectivity index (χ0n) is 14.7. The summed E-state index contributed by atoms with van der Waals surface area (Å²) < 4.78 is 30.6. The molecule has 2 N–H and O–H groups in total. The number of rotatable bonds is 6. The van der Waals surface area contributed by atoms with Crippen molar-refractivity contribution >= 4 is 17.9 Å². The zero-order chi connectivity index (χ0) is 20.6. The van der Waals surface area contributed by atoms with Gasteiger partial charge in [-0.3, -0.25) is 20.4 Å². The average Bonchev–Trinajstić information content (AvgIpc) is 3.26. The van der Waals surface area contributed by atoms with Crippen molar-refractivity contribution in [2.75, 3.05) is 0 Å². The van der Waals surface area contributed by atoms with Crippen LogP contribution in [0, 0.1) is 0 Å². The van der Waals surface area contributed by atoms with Crippen LogP contribution in [0.15, 0.2) is 60.9 Å². The predicted molar refractivity (Wildman–Crippen MR) is 96.9 cm³/mol. The SMILES string of the molecule is O=C(C=Cc1ccccc1OC(F)F)NNC(=O)c1ccc(-n2cnnn2)cc1. The molecular formula is C18H14F2N6O3. The normalized spacial score (nSPS) is 10.9. The molecule has 0 bridgehead atoms. The summed E-state index contributed by atoms with van der Waals surface area (Å²) in [4.78, 5) is 24.0. The van der Waals surface area contributed by atoms with Crippen LogP contribution in [-0.2, 0) is 4.79 Å². The van der Waals surface area contributed by atoms with Crippen molar-refractivity contribution < 1.29 is 23.1 Å². The lowest BCUT2D eigenvalue weighted by Gasteiger charge is -2.08. The quantitative estimate of drug-likeness (QED) is 0.482. The highest BCUT2D eigenvalue weighted by atomic mass is 19.3. The molecule has 3 aromatic rings. The van der Waals surface area contributed by atoms with E-state index in [-0.39, 0.29) is 11.3 Å². The summed E-state index contributed by atoms with van der Waals surface area (Å²) in [5.74, 6) is -1.27. The van der Waals surface area contributed by atoms with Crippen LogP contribution in [-0.4, -0.2) is 38.6 Å². The van der Waals surface area contributed by atoms with E-state index < -0.39 is 18.4 Å². The standard InChI is InChI=1S/C18H14F2N6O3/c19-18(20)29-15-4-2-1-3-12(15)7-10-16(27)22-23-17(28)13-5-8-14(9-6-13)26-11-21-24-25-26/h1-11,18H,(H,22,27)(H,23,28). The van der Waals surface area contributed by atoms with Gasteiger partial charge < -0.3 is 4.74 Å². The molecule has 0 saturated carbocycles. The van der Waals surface area contributed by atoms with Crippen LogP contribution in [0.25, 0.3) is 11.8 Å². The fourth-order valence-corrected chi connectivity index (χ4v) is 2.26. The molecule has 9 nitrogen and oxygen atoms in total. The van der Waals surface area contributed by atoms with Gasteiger partial charge in [-0.15, -0.1) is 5.10 Å². The maximum Gasteiger partial charge on any atom is 0.387 e. The Morgan fingerprint density at radius 1 is 1.07 bits per heavy atom. The number of nitrogens with zero attached hydrogens (tertiary/aromatic N) is 4. The van der Waals surface area contributed by atoms with Gasteiger partial charge in [0.2, 0.25) is 0 Å². The molecule has 29 heavy (non-hydrogen) atoms. The third kappa shape index (κ3) is 5.42. The predicted octanol–water partition coefficient (Wildman–Crippen LogP) is 1.74. The maximum atomic E-state index is 12.4. The van der Waals surface area contributed by atoms with Gasteiger partial charge in [0.1, 0.15) is 12.1 Å². The van der Waals surface area contributed by atoms with Crippen molar-refractivity contribution in [3.05, 3.63) is 72.1 Å². The highest BCUT2D eigenvalue weighted by molar-refractivity contribution is 5.98. The number of carbonyl (C=O) groups is 2. The van der Waals surface area contributed by atoms with E-state index in [2.05, 4.69) is 31.1 Å². The molecule has 0 spiro atoms. The van der Waals surface area contributed by atoms with E-state index in [0.29, 0.717) is 11.3 Å². The minimum Gasteiger partial charge on any atom is -0.434 e. The largest absolute Gasteiger partial charge is 0.434 e. The summed E-state index contributed by atoms with van der Waals surface area (Å²) in [5, 5.41) is 10.8. The average molecular weight is 400 g/mol. The lowest BCUT2D eigenvalue weighted by molar-refractivity contribution is -0.117. The number of hydrazine groups is 1. The Bertz CT molecular complexity index is 1010. The molecule has 2 aromatic carbocycles. The summed E-state index contributed by atoms with van der Waals surface area (Å²) in [7, 11) is 0. The molecule has 0 fully saturated rings. The van der Waals surface area contributed by atoms with Gasteiger partial charge in [-0.25, -0.2) is 4.68 Å². The van der Waals surface area contributed by atoms with E-state index in [4.69, 9.17) is 0 Å². The van der Waals surface area contributed by atoms with Crippen molar-refractivity contribution in [3.63, 3.8) is 0 Å². The molecule has 0 aliphatic rings. The van der Waals surface area contributed by atoms with E-state index in [9.17, 15) is 18.4 Å². The number of hydrogen-bond acceptors (Lipinski definition) is 6. The van der Waals surface area contributed by atoms with Gasteiger partial charge in [-0.05, 0) is 46.8 Å². The molecule has 0 radical (unpaired) electrons. The van der Waals surface area contributed by atoms with Crippen LogP contribution in [0.5, 0.6) is 5.75 Å².